The van der Waals surface area contributed by atoms with Gasteiger partial charge in [0.25, 0.3) is 0 Å². The molecule has 0 rings (SSSR count). The lowest BCUT2D eigenvalue weighted by Crippen LogP contribution is -2.34. The van der Waals surface area contributed by atoms with E-state index in [9.17, 15) is 0 Å². The van der Waals surface area contributed by atoms with Crippen molar-refractivity contribution in [1.82, 2.24) is 5.43 Å². The van der Waals surface area contributed by atoms with Gasteiger partial charge in [-0.25, -0.2) is 0 Å². The molecule has 2 heteroatoms. The fourth-order valence-corrected chi connectivity index (χ4v) is 0.979. The summed E-state index contributed by atoms with van der Waals surface area (Å²) in [5.74, 6) is 5.32. The van der Waals surface area contributed by atoms with Gasteiger partial charge in [0.2, 0.25) is 0 Å². The summed E-state index contributed by atoms with van der Waals surface area (Å²) in [6.45, 7) is 5.82. The van der Waals surface area contributed by atoms with Crippen LogP contribution < -0.4 is 11.3 Å². The van der Waals surface area contributed by atoms with Crippen molar-refractivity contribution in [3.63, 3.8) is 0 Å². The first-order valence-electron chi connectivity index (χ1n) is 3.92. The summed E-state index contributed by atoms with van der Waals surface area (Å²) in [6.07, 6.45) is 6.43. The SMILES string of the molecule is C=CCCC(CCC)NN. The van der Waals surface area contributed by atoms with Gasteiger partial charge < -0.3 is 0 Å². The lowest BCUT2D eigenvalue weighted by atomic mass is 10.1. The Hall–Kier alpha value is -0.340. The molecule has 0 aliphatic heterocycles. The van der Waals surface area contributed by atoms with Crippen LogP contribution in [0.1, 0.15) is 32.6 Å². The number of allylic oxidation sites excluding steroid dienone is 1. The maximum atomic E-state index is 5.32. The molecule has 60 valence electrons. The Kier molecular flexibility index (Phi) is 6.55. The molecule has 0 aromatic heterocycles. The molecule has 2 nitrogen and oxygen atoms in total. The Morgan fingerprint density at radius 3 is 2.70 bits per heavy atom. The van der Waals surface area contributed by atoms with Gasteiger partial charge in [-0.05, 0) is 19.3 Å². The average Bonchev–Trinajstić information content (AvgIpc) is 1.98. The molecule has 0 aliphatic carbocycles. The zero-order valence-electron chi connectivity index (χ0n) is 6.77. The molecule has 0 radical (unpaired) electrons. The van der Waals surface area contributed by atoms with E-state index in [0.29, 0.717) is 6.04 Å². The normalized spacial score (nSPS) is 13.0. The second-order valence-corrected chi connectivity index (χ2v) is 2.52. The zero-order valence-corrected chi connectivity index (χ0v) is 6.77. The van der Waals surface area contributed by atoms with Crippen molar-refractivity contribution in [2.45, 2.75) is 38.6 Å². The van der Waals surface area contributed by atoms with Crippen molar-refractivity contribution in [2.24, 2.45) is 5.84 Å². The summed E-state index contributed by atoms with van der Waals surface area (Å²) in [6, 6.07) is 0.475. The molecule has 0 fully saturated rings. The van der Waals surface area contributed by atoms with E-state index in [1.807, 2.05) is 6.08 Å². The van der Waals surface area contributed by atoms with E-state index in [1.54, 1.807) is 0 Å². The van der Waals surface area contributed by atoms with E-state index < -0.39 is 0 Å². The first kappa shape index (κ1) is 9.66. The largest absolute Gasteiger partial charge is 0.271 e. The Morgan fingerprint density at radius 2 is 2.30 bits per heavy atom. The Morgan fingerprint density at radius 1 is 1.60 bits per heavy atom. The maximum Gasteiger partial charge on any atom is 0.0213 e. The molecule has 0 aromatic rings. The van der Waals surface area contributed by atoms with Gasteiger partial charge >= 0.3 is 0 Å². The molecule has 0 spiro atoms. The maximum absolute atomic E-state index is 5.32. The van der Waals surface area contributed by atoms with E-state index in [2.05, 4.69) is 18.9 Å². The molecular formula is C8H18N2. The summed E-state index contributed by atoms with van der Waals surface area (Å²) < 4.78 is 0. The monoisotopic (exact) mass is 142 g/mol. The molecule has 1 atom stereocenters. The molecule has 1 unspecified atom stereocenters. The van der Waals surface area contributed by atoms with Gasteiger partial charge in [-0.15, -0.1) is 6.58 Å². The van der Waals surface area contributed by atoms with Crippen molar-refractivity contribution >= 4 is 0 Å². The predicted molar refractivity (Wildman–Crippen MR) is 45.5 cm³/mol. The highest BCUT2D eigenvalue weighted by Gasteiger charge is 2.01. The highest BCUT2D eigenvalue weighted by molar-refractivity contribution is 4.71. The summed E-state index contributed by atoms with van der Waals surface area (Å²) in [5.41, 5.74) is 2.79. The van der Waals surface area contributed by atoms with Gasteiger partial charge in [-0.3, -0.25) is 11.3 Å². The molecule has 0 bridgehead atoms. The molecule has 0 saturated heterocycles. The Labute approximate surface area is 63.5 Å². The van der Waals surface area contributed by atoms with Crippen LogP contribution in [0.3, 0.4) is 0 Å². The van der Waals surface area contributed by atoms with Crippen LogP contribution in [0.5, 0.6) is 0 Å². The van der Waals surface area contributed by atoms with Crippen LogP contribution in [0, 0.1) is 0 Å². The van der Waals surface area contributed by atoms with Crippen LogP contribution in [0.25, 0.3) is 0 Å². The molecule has 0 aliphatic rings. The van der Waals surface area contributed by atoms with Crippen LogP contribution in [-0.4, -0.2) is 6.04 Å². The van der Waals surface area contributed by atoms with E-state index in [1.165, 1.54) is 6.42 Å². The van der Waals surface area contributed by atoms with Gasteiger partial charge in [0, 0.05) is 6.04 Å². The van der Waals surface area contributed by atoms with Crippen molar-refractivity contribution < 1.29 is 0 Å². The number of hydrogen-bond acceptors (Lipinski definition) is 2. The van der Waals surface area contributed by atoms with Crippen molar-refractivity contribution in [3.05, 3.63) is 12.7 Å². The van der Waals surface area contributed by atoms with E-state index in [4.69, 9.17) is 5.84 Å². The van der Waals surface area contributed by atoms with Gasteiger partial charge in [0.05, 0.1) is 0 Å². The second-order valence-electron chi connectivity index (χ2n) is 2.52. The quantitative estimate of drug-likeness (QED) is 0.336. The van der Waals surface area contributed by atoms with Gasteiger partial charge in [-0.1, -0.05) is 19.4 Å². The molecule has 10 heavy (non-hydrogen) atoms. The topological polar surface area (TPSA) is 38.0 Å². The number of nitrogens with two attached hydrogens (primary N) is 1. The Balaban J connectivity index is 3.29. The number of rotatable bonds is 6. The van der Waals surface area contributed by atoms with Crippen molar-refractivity contribution in [1.29, 1.82) is 0 Å². The zero-order chi connectivity index (χ0) is 7.82. The van der Waals surface area contributed by atoms with E-state index in [-0.39, 0.29) is 0 Å². The highest BCUT2D eigenvalue weighted by Crippen LogP contribution is 2.03. The minimum atomic E-state index is 0.475. The molecule has 0 aromatic carbocycles. The first-order chi connectivity index (χ1) is 4.85. The molecule has 0 saturated carbocycles. The lowest BCUT2D eigenvalue weighted by Gasteiger charge is -2.12. The smallest absolute Gasteiger partial charge is 0.0213 e. The van der Waals surface area contributed by atoms with Crippen LogP contribution in [0.15, 0.2) is 12.7 Å². The third kappa shape index (κ3) is 4.53. The third-order valence-corrected chi connectivity index (χ3v) is 1.59. The molecule has 0 heterocycles. The van der Waals surface area contributed by atoms with Gasteiger partial charge in [0.15, 0.2) is 0 Å². The highest BCUT2D eigenvalue weighted by atomic mass is 15.2. The van der Waals surface area contributed by atoms with E-state index in [0.717, 1.165) is 19.3 Å². The fourth-order valence-electron chi connectivity index (χ4n) is 0.979. The second kappa shape index (κ2) is 6.78. The minimum Gasteiger partial charge on any atom is -0.271 e. The van der Waals surface area contributed by atoms with Crippen LogP contribution in [-0.2, 0) is 0 Å². The lowest BCUT2D eigenvalue weighted by molar-refractivity contribution is 0.462. The van der Waals surface area contributed by atoms with Crippen LogP contribution >= 0.6 is 0 Å². The standard InChI is InChI=1S/C8H18N2/c1-3-5-7-8(10-9)6-4-2/h3,8,10H,1,4-7,9H2,2H3. The Bertz CT molecular complexity index is 81.3. The summed E-state index contributed by atoms with van der Waals surface area (Å²) in [4.78, 5) is 0. The predicted octanol–water partition coefficient (Wildman–Crippen LogP) is 1.58. The minimum absolute atomic E-state index is 0.475. The first-order valence-corrected chi connectivity index (χ1v) is 3.92. The van der Waals surface area contributed by atoms with Crippen LogP contribution in [0.4, 0.5) is 0 Å². The number of nitrogens with one attached hydrogen (secondary N) is 1. The molecule has 3 N–H and O–H groups in total. The van der Waals surface area contributed by atoms with Crippen molar-refractivity contribution in [3.8, 4) is 0 Å². The summed E-state index contributed by atoms with van der Waals surface area (Å²) >= 11 is 0. The average molecular weight is 142 g/mol. The number of hydrazine groups is 1. The van der Waals surface area contributed by atoms with Crippen LogP contribution in [0.2, 0.25) is 0 Å². The van der Waals surface area contributed by atoms with Gasteiger partial charge in [0.1, 0.15) is 0 Å². The third-order valence-electron chi connectivity index (χ3n) is 1.59. The molecule has 0 amide bonds. The van der Waals surface area contributed by atoms with Crippen molar-refractivity contribution in [2.75, 3.05) is 0 Å². The van der Waals surface area contributed by atoms with E-state index >= 15 is 0 Å². The summed E-state index contributed by atoms with van der Waals surface area (Å²) in [5, 5.41) is 0. The van der Waals surface area contributed by atoms with Gasteiger partial charge in [-0.2, -0.15) is 0 Å². The fraction of sp³-hybridized carbons (Fsp3) is 0.750. The molecular weight excluding hydrogens is 124 g/mol. The number of hydrogen-bond donors (Lipinski definition) is 2. The summed E-state index contributed by atoms with van der Waals surface area (Å²) in [7, 11) is 0.